The molecule has 3 nitrogen and oxygen atoms in total. The van der Waals surface area contributed by atoms with E-state index in [9.17, 15) is 4.79 Å². The first-order valence-corrected chi connectivity index (χ1v) is 7.99. The Hall–Kier alpha value is -1.00. The van der Waals surface area contributed by atoms with E-state index in [0.717, 1.165) is 31.8 Å². The van der Waals surface area contributed by atoms with Crippen LogP contribution in [0.3, 0.4) is 0 Å². The summed E-state index contributed by atoms with van der Waals surface area (Å²) in [7, 11) is 0. The molecule has 1 amide bonds. The second-order valence-electron chi connectivity index (χ2n) is 4.85. The summed E-state index contributed by atoms with van der Waals surface area (Å²) in [6, 6.07) is 8.61. The average Bonchev–Trinajstić information content (AvgIpc) is 2.85. The third-order valence-electron chi connectivity index (χ3n) is 3.29. The zero-order valence-corrected chi connectivity index (χ0v) is 12.3. The molecule has 104 valence electrons. The minimum absolute atomic E-state index is 0.149. The number of hydrogen-bond donors (Lipinski definition) is 2. The Labute approximate surface area is 119 Å². The lowest BCUT2D eigenvalue weighted by Crippen LogP contribution is -2.30. The number of fused-ring (bicyclic) bond motifs is 1. The fraction of sp³-hybridized carbons (Fsp3) is 0.533. The van der Waals surface area contributed by atoms with Crippen molar-refractivity contribution in [3.63, 3.8) is 0 Å². The number of thioether (sulfide) groups is 1. The van der Waals surface area contributed by atoms with Crippen molar-refractivity contribution in [2.45, 2.75) is 30.6 Å². The second-order valence-corrected chi connectivity index (χ2v) is 5.91. The molecule has 0 aliphatic carbocycles. The Kier molecular flexibility index (Phi) is 5.73. The first kappa shape index (κ1) is 14.4. The topological polar surface area (TPSA) is 41.1 Å². The van der Waals surface area contributed by atoms with Gasteiger partial charge in [-0.3, -0.25) is 4.79 Å². The molecule has 1 aromatic carbocycles. The van der Waals surface area contributed by atoms with Gasteiger partial charge in [-0.15, -0.1) is 11.8 Å². The highest BCUT2D eigenvalue weighted by Crippen LogP contribution is 2.38. The van der Waals surface area contributed by atoms with Gasteiger partial charge in [0.25, 0.3) is 0 Å². The summed E-state index contributed by atoms with van der Waals surface area (Å²) in [4.78, 5) is 12.9. The van der Waals surface area contributed by atoms with E-state index in [2.05, 4.69) is 41.8 Å². The van der Waals surface area contributed by atoms with Crippen LogP contribution in [0.4, 0.5) is 0 Å². The van der Waals surface area contributed by atoms with E-state index >= 15 is 0 Å². The molecule has 2 N–H and O–H groups in total. The van der Waals surface area contributed by atoms with Gasteiger partial charge in [-0.2, -0.15) is 0 Å². The van der Waals surface area contributed by atoms with E-state index in [-0.39, 0.29) is 5.91 Å². The van der Waals surface area contributed by atoms with Gasteiger partial charge in [-0.25, -0.2) is 0 Å². The Bertz CT molecular complexity index is 422. The van der Waals surface area contributed by atoms with Crippen LogP contribution in [-0.2, 0) is 4.79 Å². The molecule has 0 aromatic heterocycles. The molecule has 19 heavy (non-hydrogen) atoms. The minimum atomic E-state index is 0.149. The molecule has 1 aliphatic heterocycles. The normalized spacial score (nSPS) is 17.2. The largest absolute Gasteiger partial charge is 0.356 e. The fourth-order valence-corrected chi connectivity index (χ4v) is 3.48. The molecule has 0 bridgehead atoms. The smallest absolute Gasteiger partial charge is 0.221 e. The van der Waals surface area contributed by atoms with Crippen LogP contribution in [0.15, 0.2) is 29.2 Å². The lowest BCUT2D eigenvalue weighted by molar-refractivity contribution is -0.120. The van der Waals surface area contributed by atoms with Crippen molar-refractivity contribution in [2.75, 3.05) is 25.4 Å². The maximum Gasteiger partial charge on any atom is 0.221 e. The van der Waals surface area contributed by atoms with Gasteiger partial charge in [0, 0.05) is 42.6 Å². The van der Waals surface area contributed by atoms with Crippen molar-refractivity contribution in [1.82, 2.24) is 10.6 Å². The molecule has 0 fully saturated rings. The van der Waals surface area contributed by atoms with Crippen LogP contribution >= 0.6 is 11.8 Å². The van der Waals surface area contributed by atoms with Gasteiger partial charge in [0.2, 0.25) is 5.91 Å². The molecule has 4 heteroatoms. The molecule has 1 atom stereocenters. The molecular weight excluding hydrogens is 256 g/mol. The predicted molar refractivity (Wildman–Crippen MR) is 80.7 cm³/mol. The number of amides is 1. The number of nitrogens with one attached hydrogen (secondary N) is 2. The Morgan fingerprint density at radius 1 is 1.37 bits per heavy atom. The van der Waals surface area contributed by atoms with Crippen LogP contribution in [0.5, 0.6) is 0 Å². The molecular formula is C15H22N2OS. The maximum atomic E-state index is 11.4. The number of rotatable bonds is 7. The third-order valence-corrected chi connectivity index (χ3v) is 4.54. The van der Waals surface area contributed by atoms with Crippen molar-refractivity contribution >= 4 is 17.7 Å². The Morgan fingerprint density at radius 2 is 2.21 bits per heavy atom. The Balaban J connectivity index is 1.66. The van der Waals surface area contributed by atoms with Gasteiger partial charge in [0.1, 0.15) is 0 Å². The highest BCUT2D eigenvalue weighted by molar-refractivity contribution is 7.99. The zero-order chi connectivity index (χ0) is 13.5. The van der Waals surface area contributed by atoms with Crippen molar-refractivity contribution in [3.05, 3.63) is 29.8 Å². The van der Waals surface area contributed by atoms with Crippen molar-refractivity contribution < 1.29 is 4.79 Å². The molecule has 1 heterocycles. The summed E-state index contributed by atoms with van der Waals surface area (Å²) in [6.07, 6.45) is 1.57. The lowest BCUT2D eigenvalue weighted by atomic mass is 10.0. The van der Waals surface area contributed by atoms with Crippen molar-refractivity contribution in [3.8, 4) is 0 Å². The second kappa shape index (κ2) is 7.56. The summed E-state index contributed by atoms with van der Waals surface area (Å²) in [5.74, 6) is 1.88. The number of carbonyl (C=O) groups is 1. The molecule has 1 aromatic rings. The summed E-state index contributed by atoms with van der Waals surface area (Å²) in [5, 5.41) is 6.29. The number of carbonyl (C=O) groups excluding carboxylic acids is 1. The van der Waals surface area contributed by atoms with Crippen LogP contribution in [0.1, 0.15) is 31.2 Å². The highest BCUT2D eigenvalue weighted by atomic mass is 32.2. The number of hydrogen-bond acceptors (Lipinski definition) is 3. The van der Waals surface area contributed by atoms with Crippen molar-refractivity contribution in [2.24, 2.45) is 0 Å². The van der Waals surface area contributed by atoms with Crippen LogP contribution in [-0.4, -0.2) is 31.3 Å². The summed E-state index contributed by atoms with van der Waals surface area (Å²) < 4.78 is 0. The molecule has 0 saturated heterocycles. The van der Waals surface area contributed by atoms with Crippen molar-refractivity contribution in [1.29, 1.82) is 0 Å². The summed E-state index contributed by atoms with van der Waals surface area (Å²) in [6.45, 7) is 4.57. The molecule has 0 spiro atoms. The van der Waals surface area contributed by atoms with E-state index in [4.69, 9.17) is 0 Å². The molecule has 1 unspecified atom stereocenters. The van der Waals surface area contributed by atoms with Gasteiger partial charge in [0.05, 0.1) is 0 Å². The fourth-order valence-electron chi connectivity index (χ4n) is 2.23. The van der Waals surface area contributed by atoms with Gasteiger partial charge < -0.3 is 10.6 Å². The molecule has 0 radical (unpaired) electrons. The Morgan fingerprint density at radius 3 is 3.05 bits per heavy atom. The molecule has 1 aliphatic rings. The third kappa shape index (κ3) is 4.25. The van der Waals surface area contributed by atoms with Gasteiger partial charge in [-0.1, -0.05) is 25.1 Å². The monoisotopic (exact) mass is 278 g/mol. The standard InChI is InChI=1S/C15H22N2OS/c1-2-8-17-15(18)7-9-16-10-12-11-19-14-6-4-3-5-13(12)14/h3-6,12,16H,2,7-11H2,1H3,(H,17,18). The van der Waals surface area contributed by atoms with E-state index in [1.807, 2.05) is 11.8 Å². The SMILES string of the molecule is CCCNC(=O)CCNCC1CSc2ccccc21. The number of benzene rings is 1. The zero-order valence-electron chi connectivity index (χ0n) is 11.4. The quantitative estimate of drug-likeness (QED) is 0.752. The van der Waals surface area contributed by atoms with Gasteiger partial charge in [-0.05, 0) is 18.1 Å². The summed E-state index contributed by atoms with van der Waals surface area (Å²) in [5.41, 5.74) is 1.45. The molecule has 2 rings (SSSR count). The average molecular weight is 278 g/mol. The first-order valence-electron chi connectivity index (χ1n) is 7.00. The predicted octanol–water partition coefficient (Wildman–Crippen LogP) is 2.38. The minimum Gasteiger partial charge on any atom is -0.356 e. The van der Waals surface area contributed by atoms with Crippen LogP contribution in [0.25, 0.3) is 0 Å². The van der Waals surface area contributed by atoms with E-state index in [0.29, 0.717) is 12.3 Å². The maximum absolute atomic E-state index is 11.4. The molecule has 0 saturated carbocycles. The van der Waals surface area contributed by atoms with Crippen LogP contribution in [0.2, 0.25) is 0 Å². The summed E-state index contributed by atoms with van der Waals surface area (Å²) >= 11 is 1.93. The van der Waals surface area contributed by atoms with Crippen LogP contribution in [0, 0.1) is 0 Å². The lowest BCUT2D eigenvalue weighted by Gasteiger charge is -2.12. The van der Waals surface area contributed by atoms with E-state index < -0.39 is 0 Å². The van der Waals surface area contributed by atoms with Crippen LogP contribution < -0.4 is 10.6 Å². The van der Waals surface area contributed by atoms with E-state index in [1.54, 1.807) is 0 Å². The first-order chi connectivity index (χ1) is 9.31. The van der Waals surface area contributed by atoms with Gasteiger partial charge >= 0.3 is 0 Å². The highest BCUT2D eigenvalue weighted by Gasteiger charge is 2.21. The van der Waals surface area contributed by atoms with E-state index in [1.165, 1.54) is 10.5 Å². The van der Waals surface area contributed by atoms with Gasteiger partial charge in [0.15, 0.2) is 0 Å².